The number of carbonyl (C=O) groups is 2. The molecule has 1 aliphatic rings. The Kier molecular flexibility index (Phi) is 5.20. The summed E-state index contributed by atoms with van der Waals surface area (Å²) in [5.74, 6) is -0.377. The first-order valence-electron chi connectivity index (χ1n) is 7.95. The molecule has 0 radical (unpaired) electrons. The van der Waals surface area contributed by atoms with Gasteiger partial charge in [0.1, 0.15) is 0 Å². The Balaban J connectivity index is 1.87. The summed E-state index contributed by atoms with van der Waals surface area (Å²) in [5.41, 5.74) is 1.96. The number of carbonyl (C=O) groups excluding carboxylic acids is 2. The Bertz CT molecular complexity index is 732. The van der Waals surface area contributed by atoms with E-state index in [1.807, 2.05) is 54.6 Å². The van der Waals surface area contributed by atoms with Crippen molar-refractivity contribution in [2.45, 2.75) is 30.0 Å². The average Bonchev–Trinajstić information content (AvgIpc) is 2.59. The van der Waals surface area contributed by atoms with Crippen LogP contribution >= 0.6 is 11.8 Å². The Morgan fingerprint density at radius 1 is 1.12 bits per heavy atom. The molecule has 24 heavy (non-hydrogen) atoms. The molecular weight excluding hydrogens is 322 g/mol. The van der Waals surface area contributed by atoms with Gasteiger partial charge in [-0.25, -0.2) is 0 Å². The van der Waals surface area contributed by atoms with Crippen molar-refractivity contribution in [3.8, 4) is 0 Å². The molecule has 1 amide bonds. The lowest BCUT2D eigenvalue weighted by molar-refractivity contribution is -0.144. The Labute approximate surface area is 145 Å². The largest absolute Gasteiger partial charge is 0.466 e. The summed E-state index contributed by atoms with van der Waals surface area (Å²) in [7, 11) is 0. The quantitative estimate of drug-likeness (QED) is 0.779. The average molecular weight is 341 g/mol. The van der Waals surface area contributed by atoms with Gasteiger partial charge < -0.3 is 9.64 Å². The van der Waals surface area contributed by atoms with Crippen LogP contribution in [0.15, 0.2) is 59.5 Å². The molecule has 0 fully saturated rings. The summed E-state index contributed by atoms with van der Waals surface area (Å²) in [6.07, 6.45) is 0.0942. The summed E-state index contributed by atoms with van der Waals surface area (Å²) < 4.78 is 5.01. The number of esters is 1. The zero-order chi connectivity index (χ0) is 16.9. The van der Waals surface area contributed by atoms with E-state index in [9.17, 15) is 9.59 Å². The fourth-order valence-corrected chi connectivity index (χ4v) is 3.92. The van der Waals surface area contributed by atoms with E-state index in [0.717, 1.165) is 16.1 Å². The molecule has 0 saturated carbocycles. The van der Waals surface area contributed by atoms with Crippen LogP contribution in [-0.2, 0) is 20.9 Å². The SMILES string of the molecule is CCOC(=O)CC1Sc2ccccc2N(Cc2ccccc2)C1=O. The van der Waals surface area contributed by atoms with Crippen LogP contribution in [0.1, 0.15) is 18.9 Å². The van der Waals surface area contributed by atoms with E-state index in [-0.39, 0.29) is 18.3 Å². The predicted molar refractivity (Wildman–Crippen MR) is 95.0 cm³/mol. The Morgan fingerprint density at radius 2 is 1.83 bits per heavy atom. The third-order valence-electron chi connectivity index (χ3n) is 3.81. The van der Waals surface area contributed by atoms with Crippen LogP contribution in [0.25, 0.3) is 0 Å². The highest BCUT2D eigenvalue weighted by Gasteiger charge is 2.35. The molecule has 3 rings (SSSR count). The molecule has 1 heterocycles. The van der Waals surface area contributed by atoms with Gasteiger partial charge in [-0.15, -0.1) is 11.8 Å². The number of fused-ring (bicyclic) bond motifs is 1. The van der Waals surface area contributed by atoms with Gasteiger partial charge in [0.2, 0.25) is 5.91 Å². The third-order valence-corrected chi connectivity index (χ3v) is 5.06. The van der Waals surface area contributed by atoms with E-state index in [4.69, 9.17) is 4.74 Å². The zero-order valence-electron chi connectivity index (χ0n) is 13.5. The number of nitrogens with zero attached hydrogens (tertiary/aromatic N) is 1. The molecular formula is C19H19NO3S. The van der Waals surface area contributed by atoms with Crippen LogP contribution in [0.3, 0.4) is 0 Å². The Morgan fingerprint density at radius 3 is 2.58 bits per heavy atom. The topological polar surface area (TPSA) is 46.6 Å². The summed E-state index contributed by atoms with van der Waals surface area (Å²) in [6.45, 7) is 2.59. The number of rotatable bonds is 5. The van der Waals surface area contributed by atoms with Gasteiger partial charge in [0.05, 0.1) is 30.5 Å². The minimum absolute atomic E-state index is 0.0457. The number of amides is 1. The number of ether oxygens (including phenoxy) is 1. The second kappa shape index (κ2) is 7.53. The van der Waals surface area contributed by atoms with Gasteiger partial charge in [-0.2, -0.15) is 0 Å². The van der Waals surface area contributed by atoms with Crippen LogP contribution in [0, 0.1) is 0 Å². The van der Waals surface area contributed by atoms with Gasteiger partial charge in [0.25, 0.3) is 0 Å². The number of hydrogen-bond donors (Lipinski definition) is 0. The van der Waals surface area contributed by atoms with E-state index in [0.29, 0.717) is 13.2 Å². The molecule has 0 aliphatic carbocycles. The van der Waals surface area contributed by atoms with Gasteiger partial charge in [-0.05, 0) is 24.6 Å². The van der Waals surface area contributed by atoms with Gasteiger partial charge in [-0.1, -0.05) is 42.5 Å². The van der Waals surface area contributed by atoms with Crippen molar-refractivity contribution in [1.29, 1.82) is 0 Å². The lowest BCUT2D eigenvalue weighted by Crippen LogP contribution is -2.41. The Hall–Kier alpha value is -2.27. The minimum Gasteiger partial charge on any atom is -0.466 e. The second-order valence-corrected chi connectivity index (χ2v) is 6.74. The lowest BCUT2D eigenvalue weighted by Gasteiger charge is -2.33. The first-order chi connectivity index (χ1) is 11.7. The lowest BCUT2D eigenvalue weighted by atomic mass is 10.1. The van der Waals surface area contributed by atoms with Crippen molar-refractivity contribution in [2.24, 2.45) is 0 Å². The van der Waals surface area contributed by atoms with Crippen LogP contribution in [-0.4, -0.2) is 23.7 Å². The van der Waals surface area contributed by atoms with E-state index < -0.39 is 5.25 Å². The standard InChI is InChI=1S/C19H19NO3S/c1-2-23-18(21)12-17-19(22)20(13-14-8-4-3-5-9-14)15-10-6-7-11-16(15)24-17/h3-11,17H,2,12-13H2,1H3. The molecule has 0 N–H and O–H groups in total. The van der Waals surface area contributed by atoms with Gasteiger partial charge >= 0.3 is 5.97 Å². The monoisotopic (exact) mass is 341 g/mol. The van der Waals surface area contributed by atoms with Crippen LogP contribution in [0.5, 0.6) is 0 Å². The first-order valence-corrected chi connectivity index (χ1v) is 8.83. The number of benzene rings is 2. The number of anilines is 1. The normalized spacial score (nSPS) is 16.6. The molecule has 4 nitrogen and oxygen atoms in total. The van der Waals surface area contributed by atoms with Crippen molar-refractivity contribution >= 4 is 29.3 Å². The highest BCUT2D eigenvalue weighted by atomic mass is 32.2. The molecule has 2 aromatic carbocycles. The molecule has 0 bridgehead atoms. The number of hydrogen-bond acceptors (Lipinski definition) is 4. The maximum absolute atomic E-state index is 12.9. The molecule has 124 valence electrons. The van der Waals surface area contributed by atoms with E-state index in [2.05, 4.69) is 0 Å². The van der Waals surface area contributed by atoms with Crippen LogP contribution < -0.4 is 4.90 Å². The molecule has 5 heteroatoms. The van der Waals surface area contributed by atoms with Crippen molar-refractivity contribution in [3.05, 3.63) is 60.2 Å². The molecule has 1 unspecified atom stereocenters. The molecule has 0 saturated heterocycles. The van der Waals surface area contributed by atoms with Gasteiger partial charge in [-0.3, -0.25) is 9.59 Å². The fraction of sp³-hybridized carbons (Fsp3) is 0.263. The maximum atomic E-state index is 12.9. The zero-order valence-corrected chi connectivity index (χ0v) is 14.3. The maximum Gasteiger partial charge on any atom is 0.307 e. The van der Waals surface area contributed by atoms with Crippen LogP contribution in [0.4, 0.5) is 5.69 Å². The van der Waals surface area contributed by atoms with E-state index in [1.165, 1.54) is 11.8 Å². The number of thioether (sulfide) groups is 1. The van der Waals surface area contributed by atoms with Crippen LogP contribution in [0.2, 0.25) is 0 Å². The van der Waals surface area contributed by atoms with E-state index in [1.54, 1.807) is 11.8 Å². The van der Waals surface area contributed by atoms with E-state index >= 15 is 0 Å². The highest BCUT2D eigenvalue weighted by Crippen LogP contribution is 2.40. The molecule has 2 aromatic rings. The molecule has 0 spiro atoms. The molecule has 1 aliphatic heterocycles. The van der Waals surface area contributed by atoms with Gasteiger partial charge in [0, 0.05) is 4.90 Å². The summed E-state index contributed by atoms with van der Waals surface area (Å²) >= 11 is 1.44. The summed E-state index contributed by atoms with van der Waals surface area (Å²) in [4.78, 5) is 27.5. The van der Waals surface area contributed by atoms with Crippen molar-refractivity contribution in [1.82, 2.24) is 0 Å². The smallest absolute Gasteiger partial charge is 0.307 e. The first kappa shape index (κ1) is 16.6. The van der Waals surface area contributed by atoms with Crippen molar-refractivity contribution in [3.63, 3.8) is 0 Å². The minimum atomic E-state index is -0.442. The summed E-state index contributed by atoms with van der Waals surface area (Å²) in [6, 6.07) is 17.7. The third kappa shape index (κ3) is 3.62. The van der Waals surface area contributed by atoms with Crippen molar-refractivity contribution < 1.29 is 14.3 Å². The molecule has 1 atom stereocenters. The van der Waals surface area contributed by atoms with Crippen molar-refractivity contribution in [2.75, 3.05) is 11.5 Å². The predicted octanol–water partition coefficient (Wildman–Crippen LogP) is 3.65. The van der Waals surface area contributed by atoms with Gasteiger partial charge in [0.15, 0.2) is 0 Å². The number of para-hydroxylation sites is 1. The second-order valence-electron chi connectivity index (χ2n) is 5.49. The highest BCUT2D eigenvalue weighted by molar-refractivity contribution is 8.01. The molecule has 0 aromatic heterocycles. The fourth-order valence-electron chi connectivity index (χ4n) is 2.71. The summed E-state index contributed by atoms with van der Waals surface area (Å²) in [5, 5.41) is -0.442.